The van der Waals surface area contributed by atoms with Crippen LogP contribution in [0.4, 0.5) is 4.79 Å². The number of fused-ring (bicyclic) bond motifs is 1. The maximum absolute atomic E-state index is 12.6. The van der Waals surface area contributed by atoms with E-state index in [0.29, 0.717) is 12.1 Å². The standard InChI is InChI=1S/C21H22N4O3.ClH/c26-19-12-24-21(28)25(19)13-14-4-3-6-16(10-14)20(27)23-11-18-17-7-2-1-5-15(17)8-9-22-18;/h1-7,10,18,22H,8-9,11-13H2,(H,23,27)(H,24,28);1H. The topological polar surface area (TPSA) is 90.5 Å². The average Bonchev–Trinajstić information content (AvgIpc) is 3.04. The Morgan fingerprint density at radius 1 is 1.14 bits per heavy atom. The normalized spacial score (nSPS) is 17.9. The smallest absolute Gasteiger partial charge is 0.324 e. The maximum Gasteiger partial charge on any atom is 0.324 e. The number of nitrogens with one attached hydrogen (secondary N) is 3. The fourth-order valence-electron chi connectivity index (χ4n) is 3.68. The van der Waals surface area contributed by atoms with Gasteiger partial charge in [0.2, 0.25) is 5.91 Å². The number of rotatable bonds is 5. The molecule has 1 atom stereocenters. The lowest BCUT2D eigenvalue weighted by atomic mass is 9.94. The fraction of sp³-hybridized carbons (Fsp3) is 0.286. The van der Waals surface area contributed by atoms with Crippen LogP contribution in [-0.4, -0.2) is 42.4 Å². The van der Waals surface area contributed by atoms with Gasteiger partial charge < -0.3 is 16.0 Å². The highest BCUT2D eigenvalue weighted by Crippen LogP contribution is 2.22. The molecule has 0 aromatic heterocycles. The Morgan fingerprint density at radius 2 is 1.97 bits per heavy atom. The molecule has 152 valence electrons. The van der Waals surface area contributed by atoms with Crippen molar-refractivity contribution in [2.75, 3.05) is 19.6 Å². The third kappa shape index (κ3) is 4.58. The number of hydrogen-bond acceptors (Lipinski definition) is 4. The number of halogens is 1. The van der Waals surface area contributed by atoms with E-state index in [-0.39, 0.29) is 43.4 Å². The van der Waals surface area contributed by atoms with Crippen LogP contribution in [0, 0.1) is 0 Å². The lowest BCUT2D eigenvalue weighted by Gasteiger charge is -2.27. The van der Waals surface area contributed by atoms with E-state index in [1.165, 1.54) is 11.1 Å². The fourth-order valence-corrected chi connectivity index (χ4v) is 3.68. The van der Waals surface area contributed by atoms with Crippen LogP contribution in [0.25, 0.3) is 0 Å². The van der Waals surface area contributed by atoms with Gasteiger partial charge in [0, 0.05) is 18.2 Å². The quantitative estimate of drug-likeness (QED) is 0.650. The van der Waals surface area contributed by atoms with Crippen molar-refractivity contribution in [3.05, 3.63) is 70.8 Å². The van der Waals surface area contributed by atoms with Crippen molar-refractivity contribution < 1.29 is 14.4 Å². The summed E-state index contributed by atoms with van der Waals surface area (Å²) in [6, 6.07) is 15.0. The molecule has 2 aliphatic rings. The highest BCUT2D eigenvalue weighted by Gasteiger charge is 2.28. The molecule has 3 N–H and O–H groups in total. The monoisotopic (exact) mass is 414 g/mol. The van der Waals surface area contributed by atoms with E-state index in [2.05, 4.69) is 28.1 Å². The van der Waals surface area contributed by atoms with Crippen LogP contribution in [0.1, 0.15) is 33.1 Å². The van der Waals surface area contributed by atoms with E-state index in [4.69, 9.17) is 0 Å². The Morgan fingerprint density at radius 3 is 2.76 bits per heavy atom. The molecule has 2 aliphatic heterocycles. The molecule has 2 heterocycles. The van der Waals surface area contributed by atoms with Gasteiger partial charge in [-0.15, -0.1) is 12.4 Å². The summed E-state index contributed by atoms with van der Waals surface area (Å²) in [5, 5.41) is 8.93. The number of amides is 4. The number of carbonyl (C=O) groups is 3. The predicted octanol–water partition coefficient (Wildman–Crippen LogP) is 1.78. The van der Waals surface area contributed by atoms with E-state index >= 15 is 0 Å². The molecule has 0 bridgehead atoms. The minimum atomic E-state index is -0.401. The van der Waals surface area contributed by atoms with Crippen molar-refractivity contribution in [1.82, 2.24) is 20.9 Å². The van der Waals surface area contributed by atoms with Crippen LogP contribution < -0.4 is 16.0 Å². The van der Waals surface area contributed by atoms with Gasteiger partial charge in [0.05, 0.1) is 13.1 Å². The van der Waals surface area contributed by atoms with Crippen LogP contribution in [0.2, 0.25) is 0 Å². The summed E-state index contributed by atoms with van der Waals surface area (Å²) in [4.78, 5) is 37.2. The molecular formula is C21H23ClN4O3. The second-order valence-electron chi connectivity index (χ2n) is 7.00. The molecule has 7 nitrogen and oxygen atoms in total. The minimum absolute atomic E-state index is 0. The van der Waals surface area contributed by atoms with Gasteiger partial charge in [-0.05, 0) is 41.8 Å². The predicted molar refractivity (Wildman–Crippen MR) is 111 cm³/mol. The lowest BCUT2D eigenvalue weighted by molar-refractivity contribution is -0.125. The lowest BCUT2D eigenvalue weighted by Crippen LogP contribution is -2.38. The van der Waals surface area contributed by atoms with Crippen LogP contribution in [0.3, 0.4) is 0 Å². The molecule has 0 spiro atoms. The second-order valence-corrected chi connectivity index (χ2v) is 7.00. The summed E-state index contributed by atoms with van der Waals surface area (Å²) < 4.78 is 0. The Hall–Kier alpha value is -2.90. The van der Waals surface area contributed by atoms with Gasteiger partial charge >= 0.3 is 6.03 Å². The van der Waals surface area contributed by atoms with Gasteiger partial charge in [0.1, 0.15) is 0 Å². The third-order valence-corrected chi connectivity index (χ3v) is 5.15. The van der Waals surface area contributed by atoms with Crippen molar-refractivity contribution in [3.63, 3.8) is 0 Å². The number of carbonyl (C=O) groups excluding carboxylic acids is 3. The number of hydrogen-bond donors (Lipinski definition) is 3. The Kier molecular flexibility index (Phi) is 6.51. The maximum atomic E-state index is 12.6. The zero-order chi connectivity index (χ0) is 19.5. The summed E-state index contributed by atoms with van der Waals surface area (Å²) in [5.74, 6) is -0.439. The summed E-state index contributed by atoms with van der Waals surface area (Å²) in [5.41, 5.74) is 3.78. The van der Waals surface area contributed by atoms with Gasteiger partial charge in [-0.25, -0.2) is 4.79 Å². The number of urea groups is 1. The van der Waals surface area contributed by atoms with Gasteiger partial charge in [-0.1, -0.05) is 36.4 Å². The number of imide groups is 1. The van der Waals surface area contributed by atoms with Crippen molar-refractivity contribution in [1.29, 1.82) is 0 Å². The Labute approximate surface area is 175 Å². The molecule has 8 heteroatoms. The van der Waals surface area contributed by atoms with Crippen LogP contribution >= 0.6 is 12.4 Å². The first-order valence-corrected chi connectivity index (χ1v) is 9.38. The largest absolute Gasteiger partial charge is 0.350 e. The van der Waals surface area contributed by atoms with Gasteiger partial charge in [0.15, 0.2) is 0 Å². The summed E-state index contributed by atoms with van der Waals surface area (Å²) >= 11 is 0. The first kappa shape index (κ1) is 20.8. The summed E-state index contributed by atoms with van der Waals surface area (Å²) in [6.07, 6.45) is 0.992. The molecular weight excluding hydrogens is 392 g/mol. The molecule has 4 amide bonds. The molecule has 4 rings (SSSR count). The molecule has 0 aliphatic carbocycles. The minimum Gasteiger partial charge on any atom is -0.350 e. The zero-order valence-electron chi connectivity index (χ0n) is 15.8. The molecule has 0 saturated carbocycles. The van der Waals surface area contributed by atoms with Crippen molar-refractivity contribution in [2.24, 2.45) is 0 Å². The Bertz CT molecular complexity index is 918. The van der Waals surface area contributed by atoms with Crippen molar-refractivity contribution in [2.45, 2.75) is 19.0 Å². The van der Waals surface area contributed by atoms with E-state index in [1.807, 2.05) is 12.1 Å². The number of benzene rings is 2. The molecule has 1 saturated heterocycles. The summed E-state index contributed by atoms with van der Waals surface area (Å²) in [7, 11) is 0. The van der Waals surface area contributed by atoms with E-state index in [0.717, 1.165) is 23.4 Å². The second kappa shape index (κ2) is 9.07. The molecule has 2 aromatic rings. The molecule has 1 fully saturated rings. The number of nitrogens with zero attached hydrogens (tertiary/aromatic N) is 1. The van der Waals surface area contributed by atoms with Crippen molar-refractivity contribution >= 4 is 30.3 Å². The van der Waals surface area contributed by atoms with E-state index in [9.17, 15) is 14.4 Å². The highest BCUT2D eigenvalue weighted by molar-refractivity contribution is 6.02. The van der Waals surface area contributed by atoms with Gasteiger partial charge in [-0.3, -0.25) is 14.5 Å². The third-order valence-electron chi connectivity index (χ3n) is 5.15. The van der Waals surface area contributed by atoms with E-state index < -0.39 is 6.03 Å². The van der Waals surface area contributed by atoms with Crippen molar-refractivity contribution in [3.8, 4) is 0 Å². The molecule has 1 unspecified atom stereocenters. The molecule has 0 radical (unpaired) electrons. The molecule has 2 aromatic carbocycles. The Balaban J connectivity index is 0.00000240. The molecule has 29 heavy (non-hydrogen) atoms. The first-order valence-electron chi connectivity index (χ1n) is 9.38. The van der Waals surface area contributed by atoms with Crippen LogP contribution in [0.15, 0.2) is 48.5 Å². The van der Waals surface area contributed by atoms with Crippen LogP contribution in [-0.2, 0) is 17.8 Å². The zero-order valence-corrected chi connectivity index (χ0v) is 16.6. The average molecular weight is 415 g/mol. The van der Waals surface area contributed by atoms with Gasteiger partial charge in [0.25, 0.3) is 5.91 Å². The summed E-state index contributed by atoms with van der Waals surface area (Å²) in [6.45, 7) is 1.56. The van der Waals surface area contributed by atoms with Gasteiger partial charge in [-0.2, -0.15) is 0 Å². The SMILES string of the molecule is Cl.O=C(NCC1NCCc2ccccc21)c1cccc(CN2C(=O)CNC2=O)c1. The van der Waals surface area contributed by atoms with Crippen LogP contribution in [0.5, 0.6) is 0 Å². The highest BCUT2D eigenvalue weighted by atomic mass is 35.5. The van der Waals surface area contributed by atoms with E-state index in [1.54, 1.807) is 24.3 Å². The first-order chi connectivity index (χ1) is 13.6.